The zero-order chi connectivity index (χ0) is 57.3. The Kier molecular flexibility index (Phi) is 13.4. The molecule has 82 heavy (non-hydrogen) atoms. The van der Waals surface area contributed by atoms with Crippen LogP contribution in [0.1, 0.15) is 105 Å². The lowest BCUT2D eigenvalue weighted by molar-refractivity contribution is 0.483. The Balaban J connectivity index is 1.02. The summed E-state index contributed by atoms with van der Waals surface area (Å²) in [5, 5.41) is 7.62. The quantitative estimate of drug-likeness (QED) is 0.0777. The highest BCUT2D eigenvalue weighted by molar-refractivity contribution is 7.20. The molecule has 0 unspecified atom stereocenters. The van der Waals surface area contributed by atoms with Crippen LogP contribution in [0.4, 0.5) is 22.7 Å². The normalized spacial score (nSPS) is 13.1. The first-order valence-corrected chi connectivity index (χ1v) is 30.9. The Bertz CT molecular complexity index is 4180. The van der Waals surface area contributed by atoms with E-state index in [1.807, 2.05) is 6.20 Å². The second-order valence-electron chi connectivity index (χ2n) is 26.4. The van der Waals surface area contributed by atoms with Gasteiger partial charge in [0.25, 0.3) is 5.69 Å². The zero-order valence-electron chi connectivity index (χ0n) is 49.6. The van der Waals surface area contributed by atoms with E-state index in [-0.39, 0.29) is 21.7 Å². The molecule has 0 amide bonds. The van der Waals surface area contributed by atoms with E-state index in [0.717, 1.165) is 62.0 Å². The molecule has 0 atom stereocenters. The van der Waals surface area contributed by atoms with Crippen LogP contribution < -0.4 is 34.6 Å². The van der Waals surface area contributed by atoms with Crippen LogP contribution in [0.15, 0.2) is 231 Å². The molecule has 11 aromatic rings. The molecule has 5 nitrogen and oxygen atoms in total. The van der Waals surface area contributed by atoms with Gasteiger partial charge in [-0.25, -0.2) is 4.98 Å². The molecule has 3 heterocycles. The molecule has 0 saturated carbocycles. The number of fused-ring (bicyclic) bond motifs is 4. The summed E-state index contributed by atoms with van der Waals surface area (Å²) in [5.41, 5.74) is 13.4. The van der Waals surface area contributed by atoms with Crippen LogP contribution >= 0.6 is 0 Å². The third kappa shape index (κ3) is 9.84. The number of para-hydroxylation sites is 1. The maximum absolute atomic E-state index is 7.05. The van der Waals surface area contributed by atoms with Gasteiger partial charge in [-0.05, 0) is 122 Å². The predicted molar refractivity (Wildman–Crippen MR) is 350 cm³/mol. The van der Waals surface area contributed by atoms with Gasteiger partial charge in [0.15, 0.2) is 8.07 Å². The summed E-state index contributed by atoms with van der Waals surface area (Å²) < 4.78 is 13.9. The molecule has 0 spiro atoms. The predicted octanol–water partition coefficient (Wildman–Crippen LogP) is 17.1. The molecule has 0 bridgehead atoms. The van der Waals surface area contributed by atoms with Crippen LogP contribution in [0, 0.1) is 0 Å². The van der Waals surface area contributed by atoms with Crippen molar-refractivity contribution in [2.45, 2.75) is 105 Å². The summed E-state index contributed by atoms with van der Waals surface area (Å²) in [4.78, 5) is 5.11. The monoisotopic (exact) mass is 1090 g/mol. The second-order valence-corrected chi connectivity index (χ2v) is 30.2. The molecule has 1 aliphatic heterocycles. The number of nitrogens with zero attached hydrogens (tertiary/aromatic N) is 4. The Morgan fingerprint density at radius 1 is 0.402 bits per heavy atom. The van der Waals surface area contributed by atoms with Gasteiger partial charge in [0, 0.05) is 47.3 Å². The standard InChI is InChI=1S/C76H74N4OSi/c1-73(2,3)53-26-22-25-52(43-53)65-35-24-36-69-72(65)79(58-45-55(75(7,8)9)44-56(46-58)76(10,11)12)51-78(69)57-27-23-28-59(48-57)81-60-37-39-66-67-50-64(38-40-68(67)80(70(66)49-60)71-47-54(41-42-77-71)74(4,5)6)82(61-29-16-13-17-30-61,62-31-18-14-19-32-62)63-33-20-15-21-34-63/h13-50H,1-12H3/q+2. The Morgan fingerprint density at radius 3 is 1.59 bits per heavy atom. The maximum atomic E-state index is 7.05. The topological polar surface area (TPSA) is 33.1 Å². The average Bonchev–Trinajstić information content (AvgIpc) is 4.22. The van der Waals surface area contributed by atoms with Crippen LogP contribution in [0.25, 0.3) is 38.8 Å². The largest absolute Gasteiger partial charge is 0.503 e. The van der Waals surface area contributed by atoms with E-state index in [1.165, 1.54) is 54.0 Å². The molecule has 406 valence electrons. The molecule has 12 rings (SSSR count). The molecule has 0 saturated heterocycles. The number of ether oxygens (including phenoxy) is 1. The van der Waals surface area contributed by atoms with Crippen LogP contribution in [0.2, 0.25) is 0 Å². The molecular weight excluding hydrogens is 1010 g/mol. The van der Waals surface area contributed by atoms with Gasteiger partial charge < -0.3 is 4.74 Å². The first-order valence-electron chi connectivity index (χ1n) is 28.9. The van der Waals surface area contributed by atoms with E-state index >= 15 is 0 Å². The summed E-state index contributed by atoms with van der Waals surface area (Å²) in [5.74, 6) is 2.32. The first-order chi connectivity index (χ1) is 39.2. The van der Waals surface area contributed by atoms with Gasteiger partial charge >= 0.3 is 11.7 Å². The fourth-order valence-corrected chi connectivity index (χ4v) is 16.7. The smallest absolute Gasteiger partial charge is 0.457 e. The molecule has 9 aromatic carbocycles. The number of aromatic nitrogens is 2. The van der Waals surface area contributed by atoms with E-state index in [2.05, 4.69) is 327 Å². The molecule has 0 fully saturated rings. The highest BCUT2D eigenvalue weighted by Gasteiger charge is 2.43. The van der Waals surface area contributed by atoms with Crippen molar-refractivity contribution in [3.05, 3.63) is 253 Å². The van der Waals surface area contributed by atoms with E-state index in [9.17, 15) is 0 Å². The minimum Gasteiger partial charge on any atom is -0.457 e. The first kappa shape index (κ1) is 53.9. The lowest BCUT2D eigenvalue weighted by Crippen LogP contribution is -2.74. The van der Waals surface area contributed by atoms with Crippen LogP contribution in [-0.4, -0.2) is 23.6 Å². The number of pyridine rings is 1. The molecule has 1 aliphatic rings. The van der Waals surface area contributed by atoms with E-state index in [0.29, 0.717) is 0 Å². The molecule has 0 N–H and O–H groups in total. The molecule has 0 aliphatic carbocycles. The van der Waals surface area contributed by atoms with Gasteiger partial charge in [0.05, 0.1) is 22.7 Å². The summed E-state index contributed by atoms with van der Waals surface area (Å²) in [6.45, 7) is 27.4. The lowest BCUT2D eigenvalue weighted by atomic mass is 9.80. The zero-order valence-corrected chi connectivity index (χ0v) is 50.6. The van der Waals surface area contributed by atoms with Gasteiger partial charge in [-0.15, -0.1) is 0 Å². The van der Waals surface area contributed by atoms with Crippen molar-refractivity contribution in [1.82, 2.24) is 18.7 Å². The van der Waals surface area contributed by atoms with Crippen LogP contribution in [-0.2, 0) is 21.7 Å². The van der Waals surface area contributed by atoms with E-state index in [4.69, 9.17) is 9.72 Å². The summed E-state index contributed by atoms with van der Waals surface area (Å²) in [6, 6.07) is 86.8. The summed E-state index contributed by atoms with van der Waals surface area (Å²) in [7, 11) is -2.85. The van der Waals surface area contributed by atoms with Gasteiger partial charge in [0.1, 0.15) is 17.3 Å². The minimum absolute atomic E-state index is 0.0120. The SMILES string of the molecule is CC(C)(C)c1cccc(-c2cccc3c2[N+](c2cc(C(C)(C)C)cc(C(C)(C)C)c2)=C=[N+]3c2cccc(Oc3ccc4c5cc([Si](c6ccccc6)(c6ccccc6)c6ccccc6)ccc5n(-c5cc(C(C)(C)C)ccn5)c4c3)c2)c1. The molecular formula is C76H74N4OSi+2. The molecule has 2 aromatic heterocycles. The van der Waals surface area contributed by atoms with E-state index in [1.54, 1.807) is 0 Å². The van der Waals surface area contributed by atoms with Crippen LogP contribution in [0.3, 0.4) is 0 Å². The van der Waals surface area contributed by atoms with Crippen molar-refractivity contribution in [3.8, 4) is 28.4 Å². The van der Waals surface area contributed by atoms with Crippen molar-refractivity contribution in [2.24, 2.45) is 0 Å². The number of benzene rings is 9. The van der Waals surface area contributed by atoms with Crippen molar-refractivity contribution in [3.63, 3.8) is 0 Å². The molecule has 0 radical (unpaired) electrons. The Hall–Kier alpha value is -8.67. The van der Waals surface area contributed by atoms with Gasteiger partial charge in [-0.3, -0.25) is 4.57 Å². The lowest BCUT2D eigenvalue weighted by Gasteiger charge is -2.34. The van der Waals surface area contributed by atoms with Gasteiger partial charge in [-0.2, -0.15) is 0 Å². The molecule has 6 heteroatoms. The minimum atomic E-state index is -2.85. The highest BCUT2D eigenvalue weighted by atomic mass is 28.3. The summed E-state index contributed by atoms with van der Waals surface area (Å²) in [6.07, 6.45) is 1.95. The summed E-state index contributed by atoms with van der Waals surface area (Å²) >= 11 is 0. The van der Waals surface area contributed by atoms with E-state index < -0.39 is 8.07 Å². The second kappa shape index (κ2) is 20.4. The highest BCUT2D eigenvalue weighted by Crippen LogP contribution is 2.46. The van der Waals surface area contributed by atoms with Crippen molar-refractivity contribution < 1.29 is 4.74 Å². The van der Waals surface area contributed by atoms with Crippen molar-refractivity contribution in [2.75, 3.05) is 0 Å². The third-order valence-corrected chi connectivity index (χ3v) is 21.3. The Morgan fingerprint density at radius 2 is 0.976 bits per heavy atom. The van der Waals surface area contributed by atoms with Crippen LogP contribution in [0.5, 0.6) is 11.5 Å². The fraction of sp³-hybridized carbons (Fsp3) is 0.211. The van der Waals surface area contributed by atoms with Gasteiger partial charge in [-0.1, -0.05) is 229 Å². The van der Waals surface area contributed by atoms with Gasteiger partial charge in [0.2, 0.25) is 11.4 Å². The maximum Gasteiger partial charge on any atom is 0.503 e. The number of hydrogen-bond donors (Lipinski definition) is 0. The van der Waals surface area contributed by atoms with Crippen molar-refractivity contribution >= 4 is 79.4 Å². The fourth-order valence-electron chi connectivity index (χ4n) is 12.0. The average molecular weight is 1090 g/mol. The van der Waals surface area contributed by atoms with Crippen molar-refractivity contribution in [1.29, 1.82) is 0 Å². The number of rotatable bonds is 10. The third-order valence-electron chi connectivity index (χ3n) is 16.6. The Labute approximate surface area is 486 Å². The number of hydrogen-bond acceptors (Lipinski definition) is 2.